The summed E-state index contributed by atoms with van der Waals surface area (Å²) in [5.74, 6) is 0.423. The van der Waals surface area contributed by atoms with Crippen molar-refractivity contribution in [3.05, 3.63) is 75.9 Å². The van der Waals surface area contributed by atoms with Gasteiger partial charge in [0.15, 0.2) is 10.9 Å². The first-order valence-electron chi connectivity index (χ1n) is 7.56. The van der Waals surface area contributed by atoms with Crippen LogP contribution in [0.4, 0.5) is 13.2 Å². The van der Waals surface area contributed by atoms with E-state index in [1.54, 1.807) is 36.4 Å². The fourth-order valence-corrected chi connectivity index (χ4v) is 3.28. The zero-order valence-electron chi connectivity index (χ0n) is 13.5. The number of benzene rings is 2. The lowest BCUT2D eigenvalue weighted by Gasteiger charge is -2.11. The van der Waals surface area contributed by atoms with Crippen molar-refractivity contribution in [1.82, 2.24) is 9.97 Å². The van der Waals surface area contributed by atoms with Gasteiger partial charge in [0.1, 0.15) is 5.75 Å². The molecule has 0 unspecified atom stereocenters. The molecule has 1 heterocycles. The molecule has 0 aliphatic rings. The number of rotatable bonds is 5. The van der Waals surface area contributed by atoms with Crippen LogP contribution in [0, 0.1) is 0 Å². The van der Waals surface area contributed by atoms with Crippen LogP contribution in [-0.4, -0.2) is 9.97 Å². The number of aromatic nitrogens is 2. The van der Waals surface area contributed by atoms with Gasteiger partial charge in [-0.25, -0.2) is 4.98 Å². The van der Waals surface area contributed by atoms with Crippen molar-refractivity contribution in [3.63, 3.8) is 0 Å². The summed E-state index contributed by atoms with van der Waals surface area (Å²) in [6.45, 7) is 0. The second-order valence-electron chi connectivity index (χ2n) is 5.35. The molecule has 2 aromatic carbocycles. The first-order chi connectivity index (χ1) is 12.8. The predicted octanol–water partition coefficient (Wildman–Crippen LogP) is 6.89. The van der Waals surface area contributed by atoms with Crippen LogP contribution in [0.15, 0.2) is 59.8 Å². The van der Waals surface area contributed by atoms with Gasteiger partial charge in [-0.3, -0.25) is 0 Å². The maximum absolute atomic E-state index is 13.2. The maximum Gasteiger partial charge on any atom is 0.433 e. The van der Waals surface area contributed by atoms with E-state index in [1.165, 1.54) is 6.07 Å². The second-order valence-corrected chi connectivity index (χ2v) is 7.17. The summed E-state index contributed by atoms with van der Waals surface area (Å²) in [7, 11) is 0. The molecular weight excluding hydrogens is 420 g/mol. The van der Waals surface area contributed by atoms with Crippen LogP contribution >= 0.6 is 35.0 Å². The third kappa shape index (κ3) is 5.76. The van der Waals surface area contributed by atoms with Crippen molar-refractivity contribution < 1.29 is 17.9 Å². The number of ether oxygens (including phenoxy) is 1. The van der Waals surface area contributed by atoms with E-state index < -0.39 is 11.9 Å². The molecule has 0 bridgehead atoms. The van der Waals surface area contributed by atoms with Gasteiger partial charge in [0.25, 0.3) is 0 Å². The minimum Gasteiger partial charge on any atom is -0.439 e. The molecule has 0 spiro atoms. The van der Waals surface area contributed by atoms with E-state index in [4.69, 9.17) is 27.9 Å². The zero-order valence-corrected chi connectivity index (χ0v) is 15.8. The second kappa shape index (κ2) is 8.37. The van der Waals surface area contributed by atoms with E-state index in [1.807, 2.05) is 6.07 Å². The van der Waals surface area contributed by atoms with Crippen molar-refractivity contribution in [2.75, 3.05) is 0 Å². The van der Waals surface area contributed by atoms with Gasteiger partial charge in [0.2, 0.25) is 5.88 Å². The minimum atomic E-state index is -4.62. The number of nitrogens with zero attached hydrogens (tertiary/aromatic N) is 2. The highest BCUT2D eigenvalue weighted by Gasteiger charge is 2.34. The Morgan fingerprint density at radius 1 is 0.926 bits per heavy atom. The molecule has 0 radical (unpaired) electrons. The first-order valence-corrected chi connectivity index (χ1v) is 9.31. The molecule has 0 aliphatic heterocycles. The lowest BCUT2D eigenvalue weighted by molar-refractivity contribution is -0.141. The number of halogens is 5. The lowest BCUT2D eigenvalue weighted by Crippen LogP contribution is -2.10. The smallest absolute Gasteiger partial charge is 0.433 e. The zero-order chi connectivity index (χ0) is 19.4. The molecule has 3 rings (SSSR count). The van der Waals surface area contributed by atoms with Crippen LogP contribution in [0.1, 0.15) is 11.3 Å². The third-order valence-corrected chi connectivity index (χ3v) is 4.64. The van der Waals surface area contributed by atoms with E-state index in [0.29, 0.717) is 15.8 Å². The van der Waals surface area contributed by atoms with Crippen LogP contribution in [-0.2, 0) is 11.9 Å². The maximum atomic E-state index is 13.2. The minimum absolute atomic E-state index is 0.0539. The number of alkyl halides is 3. The van der Waals surface area contributed by atoms with E-state index in [2.05, 4.69) is 9.97 Å². The summed E-state index contributed by atoms with van der Waals surface area (Å²) in [5, 5.41) is 0.887. The summed E-state index contributed by atoms with van der Waals surface area (Å²) < 4.78 is 45.0. The van der Waals surface area contributed by atoms with Crippen LogP contribution < -0.4 is 4.74 Å². The van der Waals surface area contributed by atoms with Gasteiger partial charge < -0.3 is 4.74 Å². The summed E-state index contributed by atoms with van der Waals surface area (Å²) >= 11 is 12.8. The molecule has 3 nitrogen and oxygen atoms in total. The Hall–Kier alpha value is -1.96. The molecular formula is C18H11Cl2F3N2OS. The average molecular weight is 431 g/mol. The van der Waals surface area contributed by atoms with Gasteiger partial charge in [-0.05, 0) is 35.9 Å². The van der Waals surface area contributed by atoms with Crippen LogP contribution in [0.5, 0.6) is 11.6 Å². The molecule has 27 heavy (non-hydrogen) atoms. The normalized spacial score (nSPS) is 11.4. The first kappa shape index (κ1) is 19.8. The summed E-state index contributed by atoms with van der Waals surface area (Å²) in [6, 6.07) is 14.1. The van der Waals surface area contributed by atoms with Crippen molar-refractivity contribution in [1.29, 1.82) is 0 Å². The summed E-state index contributed by atoms with van der Waals surface area (Å²) in [4.78, 5) is 7.65. The summed E-state index contributed by atoms with van der Waals surface area (Å²) in [6.07, 6.45) is -4.62. The SMILES string of the molecule is FC(F)(F)c1cc(Oc2cccc(Cl)c2)nc(SCc2cccc(Cl)c2)n1. The average Bonchev–Trinajstić information content (AvgIpc) is 2.59. The quantitative estimate of drug-likeness (QED) is 0.326. The fourth-order valence-electron chi connectivity index (χ4n) is 2.09. The van der Waals surface area contributed by atoms with E-state index in [-0.39, 0.29) is 16.8 Å². The van der Waals surface area contributed by atoms with Gasteiger partial charge in [-0.1, -0.05) is 53.2 Å². The molecule has 1 aromatic heterocycles. The van der Waals surface area contributed by atoms with Crippen LogP contribution in [0.3, 0.4) is 0 Å². The molecule has 0 fully saturated rings. The Morgan fingerprint density at radius 2 is 1.63 bits per heavy atom. The molecule has 9 heteroatoms. The van der Waals surface area contributed by atoms with Gasteiger partial charge in [-0.2, -0.15) is 18.2 Å². The Morgan fingerprint density at radius 3 is 2.30 bits per heavy atom. The monoisotopic (exact) mass is 430 g/mol. The largest absolute Gasteiger partial charge is 0.439 e. The van der Waals surface area contributed by atoms with Crippen molar-refractivity contribution >= 4 is 35.0 Å². The highest BCUT2D eigenvalue weighted by atomic mass is 35.5. The highest BCUT2D eigenvalue weighted by molar-refractivity contribution is 7.98. The fraction of sp³-hybridized carbons (Fsp3) is 0.111. The third-order valence-electron chi connectivity index (χ3n) is 3.25. The van der Waals surface area contributed by atoms with E-state index in [0.717, 1.165) is 23.4 Å². The number of thioether (sulfide) groups is 1. The van der Waals surface area contributed by atoms with Crippen LogP contribution in [0.25, 0.3) is 0 Å². The van der Waals surface area contributed by atoms with Gasteiger partial charge >= 0.3 is 6.18 Å². The molecule has 0 atom stereocenters. The van der Waals surface area contributed by atoms with Gasteiger partial charge in [0, 0.05) is 21.9 Å². The van der Waals surface area contributed by atoms with Crippen molar-refractivity contribution in [2.45, 2.75) is 17.1 Å². The Labute approximate surface area is 167 Å². The van der Waals surface area contributed by atoms with Crippen molar-refractivity contribution in [3.8, 4) is 11.6 Å². The lowest BCUT2D eigenvalue weighted by atomic mass is 10.2. The molecule has 0 saturated carbocycles. The highest BCUT2D eigenvalue weighted by Crippen LogP contribution is 2.33. The molecule has 0 N–H and O–H groups in total. The molecule has 3 aromatic rings. The Bertz CT molecular complexity index is 954. The number of hydrogen-bond acceptors (Lipinski definition) is 4. The summed E-state index contributed by atoms with van der Waals surface area (Å²) in [5.41, 5.74) is -0.242. The predicted molar refractivity (Wildman–Crippen MR) is 99.6 cm³/mol. The van der Waals surface area contributed by atoms with Crippen molar-refractivity contribution in [2.24, 2.45) is 0 Å². The molecule has 140 valence electrons. The Balaban J connectivity index is 1.86. The Kier molecular flexibility index (Phi) is 6.14. The van der Waals surface area contributed by atoms with E-state index >= 15 is 0 Å². The standard InChI is InChI=1S/C18H11Cl2F3N2OS/c19-12-4-1-3-11(7-12)10-27-17-24-15(18(21,22)23)9-16(25-17)26-14-6-2-5-13(20)8-14/h1-9H,10H2. The van der Waals surface area contributed by atoms with E-state index in [9.17, 15) is 13.2 Å². The number of hydrogen-bond donors (Lipinski definition) is 0. The van der Waals surface area contributed by atoms with Gasteiger partial charge in [-0.15, -0.1) is 0 Å². The topological polar surface area (TPSA) is 35.0 Å². The molecule has 0 amide bonds. The molecule has 0 saturated heterocycles. The van der Waals surface area contributed by atoms with Gasteiger partial charge in [0.05, 0.1) is 0 Å². The molecule has 0 aliphatic carbocycles. The van der Waals surface area contributed by atoms with Crippen LogP contribution in [0.2, 0.25) is 10.0 Å².